The maximum atomic E-state index is 5.40. The van der Waals surface area contributed by atoms with Crippen LogP contribution in [0.1, 0.15) is 19.8 Å². The molecule has 1 aromatic rings. The third kappa shape index (κ3) is 2.51. The SMILES string of the molecule is CCN(c1ccccc1)C1CCOCC1. The van der Waals surface area contributed by atoms with Crippen molar-refractivity contribution in [2.75, 3.05) is 24.7 Å². The molecule has 1 fully saturated rings. The minimum atomic E-state index is 0.658. The first-order valence-electron chi connectivity index (χ1n) is 5.81. The van der Waals surface area contributed by atoms with Crippen LogP contribution in [-0.2, 0) is 4.74 Å². The highest BCUT2D eigenvalue weighted by molar-refractivity contribution is 5.46. The van der Waals surface area contributed by atoms with Crippen molar-refractivity contribution in [3.8, 4) is 0 Å². The molecule has 1 saturated heterocycles. The Hall–Kier alpha value is -1.02. The van der Waals surface area contributed by atoms with Crippen LogP contribution >= 0.6 is 0 Å². The molecular formula is C13H19NO. The lowest BCUT2D eigenvalue weighted by Crippen LogP contribution is -2.39. The summed E-state index contributed by atoms with van der Waals surface area (Å²) in [4.78, 5) is 2.49. The lowest BCUT2D eigenvalue weighted by molar-refractivity contribution is 0.0846. The third-order valence-corrected chi connectivity index (χ3v) is 3.06. The van der Waals surface area contributed by atoms with Gasteiger partial charge in [-0.15, -0.1) is 0 Å². The van der Waals surface area contributed by atoms with Gasteiger partial charge in [0.05, 0.1) is 0 Å². The fourth-order valence-corrected chi connectivity index (χ4v) is 2.27. The number of benzene rings is 1. The molecule has 1 aromatic carbocycles. The topological polar surface area (TPSA) is 12.5 Å². The summed E-state index contributed by atoms with van der Waals surface area (Å²) in [7, 11) is 0. The molecule has 0 radical (unpaired) electrons. The zero-order valence-electron chi connectivity index (χ0n) is 9.36. The number of rotatable bonds is 3. The molecule has 0 atom stereocenters. The van der Waals surface area contributed by atoms with Crippen molar-refractivity contribution >= 4 is 5.69 Å². The zero-order valence-corrected chi connectivity index (χ0v) is 9.36. The van der Waals surface area contributed by atoms with Crippen molar-refractivity contribution in [3.63, 3.8) is 0 Å². The predicted octanol–water partition coefficient (Wildman–Crippen LogP) is 2.69. The molecule has 15 heavy (non-hydrogen) atoms. The van der Waals surface area contributed by atoms with Crippen LogP contribution in [0.15, 0.2) is 30.3 Å². The van der Waals surface area contributed by atoms with Crippen LogP contribution in [0, 0.1) is 0 Å². The van der Waals surface area contributed by atoms with Gasteiger partial charge in [0.1, 0.15) is 0 Å². The lowest BCUT2D eigenvalue weighted by Gasteiger charge is -2.35. The number of para-hydroxylation sites is 1. The number of ether oxygens (including phenoxy) is 1. The second kappa shape index (κ2) is 5.17. The first-order chi connectivity index (χ1) is 7.42. The van der Waals surface area contributed by atoms with E-state index in [-0.39, 0.29) is 0 Å². The van der Waals surface area contributed by atoms with E-state index in [4.69, 9.17) is 4.74 Å². The van der Waals surface area contributed by atoms with Gasteiger partial charge in [-0.25, -0.2) is 0 Å². The van der Waals surface area contributed by atoms with Gasteiger partial charge >= 0.3 is 0 Å². The molecule has 0 spiro atoms. The molecule has 0 unspecified atom stereocenters. The minimum Gasteiger partial charge on any atom is -0.381 e. The first-order valence-corrected chi connectivity index (χ1v) is 5.81. The highest BCUT2D eigenvalue weighted by atomic mass is 16.5. The Morgan fingerprint density at radius 1 is 1.20 bits per heavy atom. The maximum absolute atomic E-state index is 5.40. The van der Waals surface area contributed by atoms with Gasteiger partial charge in [-0.05, 0) is 31.9 Å². The fourth-order valence-electron chi connectivity index (χ4n) is 2.27. The van der Waals surface area contributed by atoms with E-state index < -0.39 is 0 Å². The number of anilines is 1. The first kappa shape index (κ1) is 10.5. The molecular weight excluding hydrogens is 186 g/mol. The molecule has 1 heterocycles. The molecule has 0 N–H and O–H groups in total. The van der Waals surface area contributed by atoms with E-state index in [1.165, 1.54) is 5.69 Å². The van der Waals surface area contributed by atoms with Crippen molar-refractivity contribution < 1.29 is 4.74 Å². The summed E-state index contributed by atoms with van der Waals surface area (Å²) in [6.45, 7) is 5.12. The van der Waals surface area contributed by atoms with Crippen LogP contribution < -0.4 is 4.90 Å². The van der Waals surface area contributed by atoms with Crippen molar-refractivity contribution in [1.29, 1.82) is 0 Å². The predicted molar refractivity (Wildman–Crippen MR) is 63.3 cm³/mol. The van der Waals surface area contributed by atoms with E-state index in [2.05, 4.69) is 42.2 Å². The van der Waals surface area contributed by atoms with Crippen molar-refractivity contribution in [3.05, 3.63) is 30.3 Å². The Morgan fingerprint density at radius 2 is 1.87 bits per heavy atom. The molecule has 2 nitrogen and oxygen atoms in total. The van der Waals surface area contributed by atoms with Gasteiger partial charge in [-0.2, -0.15) is 0 Å². The van der Waals surface area contributed by atoms with Crippen LogP contribution in [0.2, 0.25) is 0 Å². The van der Waals surface area contributed by atoms with E-state index in [1.807, 2.05) is 0 Å². The summed E-state index contributed by atoms with van der Waals surface area (Å²) in [5, 5.41) is 0. The van der Waals surface area contributed by atoms with Gasteiger partial charge in [-0.1, -0.05) is 18.2 Å². The summed E-state index contributed by atoms with van der Waals surface area (Å²) in [5.74, 6) is 0. The Bertz CT molecular complexity index is 280. The second-order valence-corrected chi connectivity index (χ2v) is 3.97. The smallest absolute Gasteiger partial charge is 0.0485 e. The van der Waals surface area contributed by atoms with Gasteiger partial charge in [0.15, 0.2) is 0 Å². The van der Waals surface area contributed by atoms with Crippen molar-refractivity contribution in [1.82, 2.24) is 0 Å². The molecule has 1 aliphatic heterocycles. The molecule has 1 aliphatic rings. The highest BCUT2D eigenvalue weighted by Gasteiger charge is 2.20. The second-order valence-electron chi connectivity index (χ2n) is 3.97. The fraction of sp³-hybridized carbons (Fsp3) is 0.538. The van der Waals surface area contributed by atoms with Crippen molar-refractivity contribution in [2.45, 2.75) is 25.8 Å². The standard InChI is InChI=1S/C13H19NO/c1-2-14(12-6-4-3-5-7-12)13-8-10-15-11-9-13/h3-7,13H,2,8-11H2,1H3. The van der Waals surface area contributed by atoms with Crippen LogP contribution in [0.4, 0.5) is 5.69 Å². The molecule has 0 aromatic heterocycles. The molecule has 0 aliphatic carbocycles. The normalized spacial score (nSPS) is 17.7. The Kier molecular flexibility index (Phi) is 3.62. The van der Waals surface area contributed by atoms with E-state index in [0.29, 0.717) is 6.04 Å². The third-order valence-electron chi connectivity index (χ3n) is 3.06. The monoisotopic (exact) mass is 205 g/mol. The van der Waals surface area contributed by atoms with Gasteiger partial charge < -0.3 is 9.64 Å². The number of hydrogen-bond acceptors (Lipinski definition) is 2. The molecule has 0 saturated carbocycles. The molecule has 2 rings (SSSR count). The number of hydrogen-bond donors (Lipinski definition) is 0. The summed E-state index contributed by atoms with van der Waals surface area (Å²) >= 11 is 0. The number of nitrogens with zero attached hydrogens (tertiary/aromatic N) is 1. The van der Waals surface area contributed by atoms with Gasteiger partial charge in [0.25, 0.3) is 0 Å². The van der Waals surface area contributed by atoms with Crippen LogP contribution in [0.3, 0.4) is 0 Å². The van der Waals surface area contributed by atoms with Crippen LogP contribution in [-0.4, -0.2) is 25.8 Å². The van der Waals surface area contributed by atoms with E-state index in [9.17, 15) is 0 Å². The molecule has 82 valence electrons. The maximum Gasteiger partial charge on any atom is 0.0485 e. The largest absolute Gasteiger partial charge is 0.381 e. The zero-order chi connectivity index (χ0) is 10.5. The van der Waals surface area contributed by atoms with Gasteiger partial charge in [0, 0.05) is 31.5 Å². The van der Waals surface area contributed by atoms with Gasteiger partial charge in [0.2, 0.25) is 0 Å². The van der Waals surface area contributed by atoms with Gasteiger partial charge in [-0.3, -0.25) is 0 Å². The Balaban J connectivity index is 2.09. The summed E-state index contributed by atoms with van der Waals surface area (Å²) in [5.41, 5.74) is 1.34. The van der Waals surface area contributed by atoms with Crippen LogP contribution in [0.25, 0.3) is 0 Å². The average Bonchev–Trinajstić information content (AvgIpc) is 2.33. The molecule has 2 heteroatoms. The highest BCUT2D eigenvalue weighted by Crippen LogP contribution is 2.21. The molecule has 0 amide bonds. The summed E-state index contributed by atoms with van der Waals surface area (Å²) in [6.07, 6.45) is 2.31. The molecule has 0 bridgehead atoms. The summed E-state index contributed by atoms with van der Waals surface area (Å²) in [6, 6.07) is 11.3. The Morgan fingerprint density at radius 3 is 2.47 bits per heavy atom. The Labute approximate surface area is 91.9 Å². The van der Waals surface area contributed by atoms with Crippen molar-refractivity contribution in [2.24, 2.45) is 0 Å². The quantitative estimate of drug-likeness (QED) is 0.752. The minimum absolute atomic E-state index is 0.658. The van der Waals surface area contributed by atoms with E-state index in [1.54, 1.807) is 0 Å². The average molecular weight is 205 g/mol. The van der Waals surface area contributed by atoms with E-state index >= 15 is 0 Å². The van der Waals surface area contributed by atoms with Crippen LogP contribution in [0.5, 0.6) is 0 Å². The van der Waals surface area contributed by atoms with E-state index in [0.717, 1.165) is 32.6 Å². The lowest BCUT2D eigenvalue weighted by atomic mass is 10.1. The summed E-state index contributed by atoms with van der Waals surface area (Å²) < 4.78 is 5.40.